The van der Waals surface area contributed by atoms with E-state index in [9.17, 15) is 8.42 Å². The van der Waals surface area contributed by atoms with Gasteiger partial charge < -0.3 is 9.47 Å². The van der Waals surface area contributed by atoms with E-state index < -0.39 is 15.2 Å². The van der Waals surface area contributed by atoms with Crippen LogP contribution in [0.5, 0.6) is 11.5 Å². The first kappa shape index (κ1) is 14.9. The van der Waals surface area contributed by atoms with Crippen molar-refractivity contribution in [3.8, 4) is 11.5 Å². The molecule has 0 amide bonds. The maximum Gasteiger partial charge on any atom is 0.246 e. The highest BCUT2D eigenvalue weighted by molar-refractivity contribution is 7.93. The van der Waals surface area contributed by atoms with E-state index in [0.717, 1.165) is 0 Å². The molecule has 0 radical (unpaired) electrons. The Morgan fingerprint density at radius 2 is 1.89 bits per heavy atom. The molecule has 0 unspecified atom stereocenters. The molecule has 0 heterocycles. The first-order valence-electron chi connectivity index (χ1n) is 5.48. The molecule has 0 bridgehead atoms. The number of ether oxygens (including phenoxy) is 2. The van der Waals surface area contributed by atoms with Crippen LogP contribution in [-0.4, -0.2) is 26.8 Å². The SMILES string of the molecule is CCOc1ccc(OCC)c(NS(=O)(=O)CCl)c1. The number of sulfonamides is 1. The van der Waals surface area contributed by atoms with E-state index in [2.05, 4.69) is 4.72 Å². The molecule has 7 heteroatoms. The van der Waals surface area contributed by atoms with E-state index >= 15 is 0 Å². The van der Waals surface area contributed by atoms with E-state index in [-0.39, 0.29) is 0 Å². The fourth-order valence-electron chi connectivity index (χ4n) is 1.32. The van der Waals surface area contributed by atoms with Gasteiger partial charge in [-0.3, -0.25) is 4.72 Å². The summed E-state index contributed by atoms with van der Waals surface area (Å²) in [5.41, 5.74) is 0.323. The van der Waals surface area contributed by atoms with Gasteiger partial charge in [-0.25, -0.2) is 8.42 Å². The average molecular weight is 294 g/mol. The molecule has 1 aromatic carbocycles. The van der Waals surface area contributed by atoms with Gasteiger partial charge in [-0.05, 0) is 26.0 Å². The normalized spacial score (nSPS) is 11.1. The lowest BCUT2D eigenvalue weighted by Gasteiger charge is -2.13. The molecule has 18 heavy (non-hydrogen) atoms. The van der Waals surface area contributed by atoms with Gasteiger partial charge in [-0.15, -0.1) is 11.6 Å². The first-order chi connectivity index (χ1) is 8.52. The topological polar surface area (TPSA) is 64.6 Å². The zero-order valence-corrected chi connectivity index (χ0v) is 11.8. The van der Waals surface area contributed by atoms with Gasteiger partial charge in [-0.1, -0.05) is 0 Å². The number of anilines is 1. The lowest BCUT2D eigenvalue weighted by Crippen LogP contribution is -2.14. The molecule has 0 aliphatic carbocycles. The van der Waals surface area contributed by atoms with Crippen LogP contribution in [0.4, 0.5) is 5.69 Å². The smallest absolute Gasteiger partial charge is 0.246 e. The molecule has 0 fully saturated rings. The summed E-state index contributed by atoms with van der Waals surface area (Å²) in [6.45, 7) is 4.59. The average Bonchev–Trinajstić information content (AvgIpc) is 2.33. The molecule has 5 nitrogen and oxygen atoms in total. The zero-order chi connectivity index (χ0) is 13.6. The van der Waals surface area contributed by atoms with E-state index in [1.165, 1.54) is 0 Å². The number of benzene rings is 1. The zero-order valence-electron chi connectivity index (χ0n) is 10.3. The highest BCUT2D eigenvalue weighted by Crippen LogP contribution is 2.30. The molecule has 0 saturated heterocycles. The van der Waals surface area contributed by atoms with Crippen molar-refractivity contribution < 1.29 is 17.9 Å². The Hall–Kier alpha value is -1.14. The largest absolute Gasteiger partial charge is 0.494 e. The third-order valence-electron chi connectivity index (χ3n) is 1.97. The van der Waals surface area contributed by atoms with Crippen molar-refractivity contribution >= 4 is 27.3 Å². The van der Waals surface area contributed by atoms with Gasteiger partial charge in [0.1, 0.15) is 16.7 Å². The lowest BCUT2D eigenvalue weighted by molar-refractivity contribution is 0.332. The Bertz CT molecular complexity index is 490. The molecule has 0 aromatic heterocycles. The van der Waals surface area contributed by atoms with E-state index in [0.29, 0.717) is 30.4 Å². The summed E-state index contributed by atoms with van der Waals surface area (Å²) in [4.78, 5) is 0. The number of rotatable bonds is 7. The maximum atomic E-state index is 11.5. The highest BCUT2D eigenvalue weighted by atomic mass is 35.5. The van der Waals surface area contributed by atoms with Gasteiger partial charge >= 0.3 is 0 Å². The summed E-state index contributed by atoms with van der Waals surface area (Å²) < 4.78 is 35.9. The highest BCUT2D eigenvalue weighted by Gasteiger charge is 2.13. The van der Waals surface area contributed by atoms with Crippen LogP contribution in [0.15, 0.2) is 18.2 Å². The van der Waals surface area contributed by atoms with Crippen molar-refractivity contribution in [3.05, 3.63) is 18.2 Å². The van der Waals surface area contributed by atoms with E-state index in [4.69, 9.17) is 21.1 Å². The predicted octanol–water partition coefficient (Wildman–Crippen LogP) is 2.42. The minimum atomic E-state index is -3.57. The van der Waals surface area contributed by atoms with Gasteiger partial charge in [0.25, 0.3) is 0 Å². The van der Waals surface area contributed by atoms with Gasteiger partial charge in [0.2, 0.25) is 10.0 Å². The van der Waals surface area contributed by atoms with E-state index in [1.54, 1.807) is 18.2 Å². The van der Waals surface area contributed by atoms with Crippen LogP contribution in [0.1, 0.15) is 13.8 Å². The molecular weight excluding hydrogens is 278 g/mol. The quantitative estimate of drug-likeness (QED) is 0.784. The van der Waals surface area contributed by atoms with Crippen LogP contribution in [0, 0.1) is 0 Å². The second-order valence-corrected chi connectivity index (χ2v) is 5.66. The Labute approximate surface area is 112 Å². The number of alkyl halides is 1. The lowest BCUT2D eigenvalue weighted by atomic mass is 10.3. The molecular formula is C11H16ClNO4S. The minimum absolute atomic E-state index is 0.323. The monoisotopic (exact) mass is 293 g/mol. The third-order valence-corrected chi connectivity index (χ3v) is 3.65. The Morgan fingerprint density at radius 1 is 1.22 bits per heavy atom. The van der Waals surface area contributed by atoms with E-state index in [1.807, 2.05) is 13.8 Å². The summed E-state index contributed by atoms with van der Waals surface area (Å²) in [5.74, 6) is 1.00. The van der Waals surface area contributed by atoms with Gasteiger partial charge in [0.05, 0.1) is 18.9 Å². The molecule has 1 aromatic rings. The molecule has 1 rings (SSSR count). The maximum absolute atomic E-state index is 11.5. The molecule has 1 N–H and O–H groups in total. The summed E-state index contributed by atoms with van der Waals surface area (Å²) in [5, 5.41) is -0.516. The fraction of sp³-hybridized carbons (Fsp3) is 0.455. The standard InChI is InChI=1S/C11H16ClNO4S/c1-3-16-9-5-6-11(17-4-2)10(7-9)13-18(14,15)8-12/h5-7,13H,3-4,8H2,1-2H3. The number of hydrogen-bond donors (Lipinski definition) is 1. The molecule has 0 spiro atoms. The Kier molecular flexibility index (Phi) is 5.55. The van der Waals surface area contributed by atoms with Crippen LogP contribution in [0.3, 0.4) is 0 Å². The Morgan fingerprint density at radius 3 is 2.44 bits per heavy atom. The summed E-state index contributed by atoms with van der Waals surface area (Å²) in [6, 6.07) is 4.94. The molecule has 102 valence electrons. The van der Waals surface area contributed by atoms with Crippen molar-refractivity contribution in [2.45, 2.75) is 13.8 Å². The van der Waals surface area contributed by atoms with Crippen LogP contribution in [0.25, 0.3) is 0 Å². The van der Waals surface area contributed by atoms with Gasteiger partial charge in [-0.2, -0.15) is 0 Å². The predicted molar refractivity (Wildman–Crippen MR) is 72.0 cm³/mol. The van der Waals surface area contributed by atoms with Crippen LogP contribution < -0.4 is 14.2 Å². The van der Waals surface area contributed by atoms with Crippen molar-refractivity contribution in [3.63, 3.8) is 0 Å². The second-order valence-electron chi connectivity index (χ2n) is 3.35. The summed E-state index contributed by atoms with van der Waals surface area (Å²) in [6.07, 6.45) is 0. The molecule has 0 saturated carbocycles. The molecule has 0 aliphatic rings. The van der Waals surface area contributed by atoms with Crippen LogP contribution in [-0.2, 0) is 10.0 Å². The van der Waals surface area contributed by atoms with Crippen LogP contribution >= 0.6 is 11.6 Å². The van der Waals surface area contributed by atoms with Crippen LogP contribution in [0.2, 0.25) is 0 Å². The van der Waals surface area contributed by atoms with Gasteiger partial charge in [0.15, 0.2) is 0 Å². The van der Waals surface area contributed by atoms with Crippen molar-refractivity contribution in [2.24, 2.45) is 0 Å². The fourth-order valence-corrected chi connectivity index (χ4v) is 2.03. The molecule has 0 atom stereocenters. The van der Waals surface area contributed by atoms with Crippen molar-refractivity contribution in [2.75, 3.05) is 23.1 Å². The molecule has 0 aliphatic heterocycles. The van der Waals surface area contributed by atoms with Gasteiger partial charge in [0, 0.05) is 6.07 Å². The number of halogens is 1. The summed E-state index contributed by atoms with van der Waals surface area (Å²) >= 11 is 5.35. The number of hydrogen-bond acceptors (Lipinski definition) is 4. The minimum Gasteiger partial charge on any atom is -0.494 e. The summed E-state index contributed by atoms with van der Waals surface area (Å²) in [7, 11) is -3.57. The number of nitrogens with one attached hydrogen (secondary N) is 1. The third kappa shape index (κ3) is 4.27. The van der Waals surface area contributed by atoms with Crippen molar-refractivity contribution in [1.82, 2.24) is 0 Å². The van der Waals surface area contributed by atoms with Crippen molar-refractivity contribution in [1.29, 1.82) is 0 Å². The Balaban J connectivity index is 3.06. The second kappa shape index (κ2) is 6.70. The first-order valence-corrected chi connectivity index (χ1v) is 7.67.